The number of aromatic hydroxyl groups is 4. The highest BCUT2D eigenvalue weighted by Gasteiger charge is 2.16. The van der Waals surface area contributed by atoms with Gasteiger partial charge in [-0.3, -0.25) is 0 Å². The number of fused-ring (bicyclic) bond motifs is 1. The molecular weight excluding hydrogens is 468 g/mol. The zero-order chi connectivity index (χ0) is 27.0. The number of aryl methyl sites for hydroxylation is 3. The average molecular weight is 501 g/mol. The number of benzene rings is 3. The summed E-state index contributed by atoms with van der Waals surface area (Å²) in [6.07, 6.45) is 2.07. The Bertz CT molecular complexity index is 1150. The molecule has 0 saturated heterocycles. The maximum atomic E-state index is 10.5. The van der Waals surface area contributed by atoms with E-state index in [1.54, 1.807) is 35.0 Å². The molecule has 36 heavy (non-hydrogen) atoms. The van der Waals surface area contributed by atoms with Gasteiger partial charge in [-0.25, -0.2) is 4.79 Å². The van der Waals surface area contributed by atoms with E-state index >= 15 is 0 Å². The van der Waals surface area contributed by atoms with E-state index in [9.17, 15) is 9.90 Å². The third-order valence-corrected chi connectivity index (χ3v) is 5.38. The largest absolute Gasteiger partial charge is 0.507 e. The Kier molecular flexibility index (Phi) is 9.66. The first kappa shape index (κ1) is 28.0. The molecule has 0 fully saturated rings. The maximum Gasteiger partial charge on any atom is 0.335 e. The van der Waals surface area contributed by atoms with Crippen LogP contribution in [0.5, 0.6) is 40.2 Å². The summed E-state index contributed by atoms with van der Waals surface area (Å²) in [5.74, 6) is 0.677. The summed E-state index contributed by atoms with van der Waals surface area (Å²) in [4.78, 5) is 10.5. The van der Waals surface area contributed by atoms with E-state index in [2.05, 4.69) is 0 Å². The standard InChI is InChI=1S/C11H14O3.C9H10O3.C7H8O3/c1-12-8-6-10(13-2)9-4-3-5-14-11(9)7-8;1-5-3-7(9(11)12)4-6(2)8(5)10;1-4-2-5(8)7(10)6(9)3-4/h6-7H,3-5H2,1-2H3;3-4,10H,1-2H3,(H,11,12);2-3,8-10H,1H3. The molecule has 5 N–H and O–H groups in total. The van der Waals surface area contributed by atoms with Gasteiger partial charge < -0.3 is 39.7 Å². The lowest BCUT2D eigenvalue weighted by molar-refractivity contribution is 0.0696. The smallest absolute Gasteiger partial charge is 0.335 e. The third-order valence-electron chi connectivity index (χ3n) is 5.38. The minimum absolute atomic E-state index is 0.167. The summed E-state index contributed by atoms with van der Waals surface area (Å²) < 4.78 is 16.0. The van der Waals surface area contributed by atoms with Crippen LogP contribution < -0.4 is 14.2 Å². The second kappa shape index (κ2) is 12.4. The summed E-state index contributed by atoms with van der Waals surface area (Å²) in [5, 5.41) is 44.5. The Morgan fingerprint density at radius 2 is 1.42 bits per heavy atom. The van der Waals surface area contributed by atoms with Gasteiger partial charge in [0.15, 0.2) is 17.2 Å². The lowest BCUT2D eigenvalue weighted by Crippen LogP contribution is -2.09. The number of hydrogen-bond donors (Lipinski definition) is 5. The fourth-order valence-corrected chi connectivity index (χ4v) is 3.52. The topological polar surface area (TPSA) is 146 Å². The number of phenols is 4. The first-order chi connectivity index (χ1) is 17.0. The average Bonchev–Trinajstić information content (AvgIpc) is 2.85. The van der Waals surface area contributed by atoms with Crippen molar-refractivity contribution >= 4 is 5.97 Å². The van der Waals surface area contributed by atoms with Crippen molar-refractivity contribution in [3.05, 3.63) is 64.2 Å². The van der Waals surface area contributed by atoms with Crippen LogP contribution in [-0.4, -0.2) is 52.3 Å². The molecule has 0 radical (unpaired) electrons. The van der Waals surface area contributed by atoms with E-state index in [4.69, 9.17) is 34.6 Å². The summed E-state index contributed by atoms with van der Waals surface area (Å²) in [6, 6.07) is 9.45. The minimum atomic E-state index is -0.971. The fourth-order valence-electron chi connectivity index (χ4n) is 3.52. The van der Waals surface area contributed by atoms with Crippen molar-refractivity contribution in [2.75, 3.05) is 20.8 Å². The molecule has 1 heterocycles. The summed E-state index contributed by atoms with van der Waals surface area (Å²) in [7, 11) is 3.31. The van der Waals surface area contributed by atoms with E-state index in [1.807, 2.05) is 12.1 Å². The number of ether oxygens (including phenoxy) is 3. The van der Waals surface area contributed by atoms with Crippen molar-refractivity contribution in [3.8, 4) is 40.2 Å². The van der Waals surface area contributed by atoms with Crippen LogP contribution >= 0.6 is 0 Å². The SMILES string of the molecule is COc1cc(OC)c2c(c1)OCCC2.Cc1cc(C(=O)O)cc(C)c1O.Cc1cc(O)c(O)c(O)c1. The van der Waals surface area contributed by atoms with Gasteiger partial charge in [-0.15, -0.1) is 0 Å². The Morgan fingerprint density at radius 3 is 1.92 bits per heavy atom. The third kappa shape index (κ3) is 7.11. The predicted octanol–water partition coefficient (Wildman–Crippen LogP) is 4.85. The minimum Gasteiger partial charge on any atom is -0.507 e. The van der Waals surface area contributed by atoms with Gasteiger partial charge in [0, 0.05) is 17.7 Å². The highest BCUT2D eigenvalue weighted by atomic mass is 16.5. The van der Waals surface area contributed by atoms with Crippen molar-refractivity contribution < 1.29 is 44.5 Å². The summed E-state index contributed by atoms with van der Waals surface area (Å²) in [6.45, 7) is 5.84. The van der Waals surface area contributed by atoms with E-state index in [1.165, 1.54) is 24.3 Å². The molecule has 4 rings (SSSR count). The molecule has 3 aromatic rings. The van der Waals surface area contributed by atoms with Crippen LogP contribution in [0.1, 0.15) is 39.0 Å². The van der Waals surface area contributed by atoms with Crippen molar-refractivity contribution in [2.45, 2.75) is 33.6 Å². The van der Waals surface area contributed by atoms with Crippen LogP contribution in [0.15, 0.2) is 36.4 Å². The number of hydrogen-bond acceptors (Lipinski definition) is 8. The van der Waals surface area contributed by atoms with Crippen LogP contribution in [0.4, 0.5) is 0 Å². The van der Waals surface area contributed by atoms with Crippen LogP contribution in [0.3, 0.4) is 0 Å². The van der Waals surface area contributed by atoms with E-state index in [0.717, 1.165) is 42.3 Å². The van der Waals surface area contributed by atoms with Crippen LogP contribution in [0.2, 0.25) is 0 Å². The molecular formula is C27H32O9. The number of aromatic carboxylic acids is 1. The van der Waals surface area contributed by atoms with Gasteiger partial charge in [-0.05, 0) is 74.6 Å². The quantitative estimate of drug-likeness (QED) is 0.319. The molecule has 0 bridgehead atoms. The van der Waals surface area contributed by atoms with Gasteiger partial charge in [-0.2, -0.15) is 0 Å². The number of carboxylic acids is 1. The van der Waals surface area contributed by atoms with Crippen molar-refractivity contribution in [1.82, 2.24) is 0 Å². The van der Waals surface area contributed by atoms with Crippen LogP contribution in [0.25, 0.3) is 0 Å². The molecule has 0 aliphatic carbocycles. The van der Waals surface area contributed by atoms with Gasteiger partial charge in [0.05, 0.1) is 26.4 Å². The zero-order valence-corrected chi connectivity index (χ0v) is 21.0. The highest BCUT2D eigenvalue weighted by Crippen LogP contribution is 2.37. The second-order valence-corrected chi connectivity index (χ2v) is 8.17. The molecule has 3 aromatic carbocycles. The van der Waals surface area contributed by atoms with Gasteiger partial charge in [-0.1, -0.05) is 0 Å². The number of phenolic OH excluding ortho intramolecular Hbond substituents is 4. The summed E-state index contributed by atoms with van der Waals surface area (Å²) >= 11 is 0. The normalized spacial score (nSPS) is 11.5. The maximum absolute atomic E-state index is 10.5. The first-order valence-corrected chi connectivity index (χ1v) is 11.1. The molecule has 0 amide bonds. The molecule has 0 spiro atoms. The second-order valence-electron chi connectivity index (χ2n) is 8.17. The molecule has 9 heteroatoms. The number of carboxylic acid groups (broad SMARTS) is 1. The van der Waals surface area contributed by atoms with Crippen molar-refractivity contribution in [3.63, 3.8) is 0 Å². The molecule has 9 nitrogen and oxygen atoms in total. The monoisotopic (exact) mass is 500 g/mol. The van der Waals surface area contributed by atoms with E-state index in [-0.39, 0.29) is 22.8 Å². The Labute approximate surface area is 209 Å². The molecule has 1 aliphatic heterocycles. The van der Waals surface area contributed by atoms with Crippen LogP contribution in [0, 0.1) is 20.8 Å². The van der Waals surface area contributed by atoms with Crippen molar-refractivity contribution in [2.24, 2.45) is 0 Å². The number of methoxy groups -OCH3 is 2. The molecule has 0 atom stereocenters. The fraction of sp³-hybridized carbons (Fsp3) is 0.296. The van der Waals surface area contributed by atoms with E-state index in [0.29, 0.717) is 16.7 Å². The van der Waals surface area contributed by atoms with Gasteiger partial charge >= 0.3 is 5.97 Å². The molecule has 0 aromatic heterocycles. The Hall–Kier alpha value is -4.27. The van der Waals surface area contributed by atoms with Gasteiger partial charge in [0.25, 0.3) is 0 Å². The Balaban J connectivity index is 0.000000193. The zero-order valence-electron chi connectivity index (χ0n) is 21.0. The molecule has 0 unspecified atom stereocenters. The number of carbonyl (C=O) groups is 1. The summed E-state index contributed by atoms with van der Waals surface area (Å²) in [5.41, 5.74) is 3.25. The predicted molar refractivity (Wildman–Crippen MR) is 134 cm³/mol. The highest BCUT2D eigenvalue weighted by molar-refractivity contribution is 5.88. The first-order valence-electron chi connectivity index (χ1n) is 11.1. The van der Waals surface area contributed by atoms with E-state index < -0.39 is 11.7 Å². The molecule has 194 valence electrons. The lowest BCUT2D eigenvalue weighted by Gasteiger charge is -2.20. The van der Waals surface area contributed by atoms with Gasteiger partial charge in [0.2, 0.25) is 0 Å². The Morgan fingerprint density at radius 1 is 0.833 bits per heavy atom. The molecule has 1 aliphatic rings. The van der Waals surface area contributed by atoms with Crippen molar-refractivity contribution in [1.29, 1.82) is 0 Å². The lowest BCUT2D eigenvalue weighted by atomic mass is 10.0. The molecule has 0 saturated carbocycles. The van der Waals surface area contributed by atoms with Crippen LogP contribution in [-0.2, 0) is 6.42 Å². The number of rotatable bonds is 3. The van der Waals surface area contributed by atoms with Gasteiger partial charge in [0.1, 0.15) is 23.0 Å².